The Morgan fingerprint density at radius 1 is 1.27 bits per heavy atom. The maximum absolute atomic E-state index is 10.4. The molecule has 1 aromatic rings. The standard InChI is InChI=1S/C10H12O2.C3H8/c1-8(7-10(11)12)9-5-3-2-4-6-9;1-3-2/h2-6,8H,7H2,1H3,(H,11,12);3H2,1-2H3. The summed E-state index contributed by atoms with van der Waals surface area (Å²) in [6.45, 7) is 6.17. The molecule has 1 N–H and O–H groups in total. The van der Waals surface area contributed by atoms with Gasteiger partial charge < -0.3 is 5.11 Å². The van der Waals surface area contributed by atoms with Crippen molar-refractivity contribution in [1.82, 2.24) is 0 Å². The van der Waals surface area contributed by atoms with Crippen LogP contribution in [0.2, 0.25) is 0 Å². The molecule has 0 spiro atoms. The summed E-state index contributed by atoms with van der Waals surface area (Å²) in [7, 11) is 0. The molecule has 0 aliphatic rings. The second kappa shape index (κ2) is 8.04. The first kappa shape index (κ1) is 13.7. The molecule has 0 fully saturated rings. The van der Waals surface area contributed by atoms with Crippen LogP contribution < -0.4 is 0 Å². The predicted molar refractivity (Wildman–Crippen MR) is 63.1 cm³/mol. The third-order valence-corrected chi connectivity index (χ3v) is 1.85. The van der Waals surface area contributed by atoms with Gasteiger partial charge in [-0.2, -0.15) is 0 Å². The summed E-state index contributed by atoms with van der Waals surface area (Å²) in [4.78, 5) is 10.4. The van der Waals surface area contributed by atoms with Crippen LogP contribution in [-0.2, 0) is 4.79 Å². The van der Waals surface area contributed by atoms with Crippen molar-refractivity contribution in [1.29, 1.82) is 0 Å². The smallest absolute Gasteiger partial charge is 0.303 e. The Labute approximate surface area is 91.9 Å². The molecule has 0 heterocycles. The summed E-state index contributed by atoms with van der Waals surface area (Å²) in [5.41, 5.74) is 1.08. The molecular weight excluding hydrogens is 188 g/mol. The minimum Gasteiger partial charge on any atom is -0.481 e. The third-order valence-electron chi connectivity index (χ3n) is 1.85. The molecule has 0 saturated carbocycles. The molecule has 0 aromatic heterocycles. The molecule has 84 valence electrons. The highest BCUT2D eigenvalue weighted by molar-refractivity contribution is 5.67. The van der Waals surface area contributed by atoms with E-state index in [9.17, 15) is 4.79 Å². The third kappa shape index (κ3) is 6.72. The summed E-state index contributed by atoms with van der Waals surface area (Å²) < 4.78 is 0. The van der Waals surface area contributed by atoms with Crippen LogP contribution in [0.25, 0.3) is 0 Å². The quantitative estimate of drug-likeness (QED) is 0.822. The van der Waals surface area contributed by atoms with Crippen molar-refractivity contribution in [3.05, 3.63) is 35.9 Å². The first-order chi connectivity index (χ1) is 7.11. The normalized spacial score (nSPS) is 11.1. The number of hydrogen-bond donors (Lipinski definition) is 1. The molecule has 15 heavy (non-hydrogen) atoms. The van der Waals surface area contributed by atoms with Gasteiger partial charge in [0.25, 0.3) is 0 Å². The molecule has 1 atom stereocenters. The van der Waals surface area contributed by atoms with Gasteiger partial charge in [-0.25, -0.2) is 0 Å². The average molecular weight is 208 g/mol. The second-order valence-corrected chi connectivity index (χ2v) is 3.62. The van der Waals surface area contributed by atoms with Gasteiger partial charge in [-0.05, 0) is 11.5 Å². The highest BCUT2D eigenvalue weighted by Crippen LogP contribution is 2.17. The van der Waals surface area contributed by atoms with Gasteiger partial charge >= 0.3 is 5.97 Å². The fourth-order valence-electron chi connectivity index (χ4n) is 1.16. The molecule has 0 aliphatic carbocycles. The summed E-state index contributed by atoms with van der Waals surface area (Å²) in [6, 6.07) is 9.68. The predicted octanol–water partition coefficient (Wildman–Crippen LogP) is 3.68. The van der Waals surface area contributed by atoms with Gasteiger partial charge in [-0.3, -0.25) is 4.79 Å². The van der Waals surface area contributed by atoms with E-state index < -0.39 is 5.97 Å². The minimum atomic E-state index is -0.744. The van der Waals surface area contributed by atoms with Gasteiger partial charge in [0.1, 0.15) is 0 Å². The van der Waals surface area contributed by atoms with Gasteiger partial charge in [0.05, 0.1) is 6.42 Å². The zero-order valence-corrected chi connectivity index (χ0v) is 9.73. The first-order valence-electron chi connectivity index (χ1n) is 5.38. The number of hydrogen-bond acceptors (Lipinski definition) is 1. The molecule has 1 unspecified atom stereocenters. The Morgan fingerprint density at radius 2 is 1.73 bits per heavy atom. The number of carbonyl (C=O) groups is 1. The fraction of sp³-hybridized carbons (Fsp3) is 0.462. The molecule has 1 aromatic carbocycles. The highest BCUT2D eigenvalue weighted by atomic mass is 16.4. The largest absolute Gasteiger partial charge is 0.481 e. The molecule has 2 nitrogen and oxygen atoms in total. The topological polar surface area (TPSA) is 37.3 Å². The summed E-state index contributed by atoms with van der Waals surface area (Å²) in [5.74, 6) is -0.643. The van der Waals surface area contributed by atoms with E-state index in [0.717, 1.165) is 5.56 Å². The number of carboxylic acid groups (broad SMARTS) is 1. The van der Waals surface area contributed by atoms with Gasteiger partial charge in [-0.15, -0.1) is 0 Å². The number of carboxylic acids is 1. The number of rotatable bonds is 3. The highest BCUT2D eigenvalue weighted by Gasteiger charge is 2.08. The van der Waals surface area contributed by atoms with Crippen LogP contribution in [0.3, 0.4) is 0 Å². The van der Waals surface area contributed by atoms with E-state index >= 15 is 0 Å². The van der Waals surface area contributed by atoms with Crippen molar-refractivity contribution in [2.24, 2.45) is 0 Å². The monoisotopic (exact) mass is 208 g/mol. The maximum atomic E-state index is 10.4. The van der Waals surface area contributed by atoms with Crippen molar-refractivity contribution in [3.8, 4) is 0 Å². The Kier molecular flexibility index (Phi) is 7.33. The average Bonchev–Trinajstić information content (AvgIpc) is 2.19. The van der Waals surface area contributed by atoms with E-state index in [-0.39, 0.29) is 12.3 Å². The lowest BCUT2D eigenvalue weighted by molar-refractivity contribution is -0.137. The first-order valence-corrected chi connectivity index (χ1v) is 5.38. The number of aliphatic carboxylic acids is 1. The number of benzene rings is 1. The summed E-state index contributed by atoms with van der Waals surface area (Å²) in [6.07, 6.45) is 1.45. The van der Waals surface area contributed by atoms with E-state index in [1.165, 1.54) is 6.42 Å². The van der Waals surface area contributed by atoms with Crippen LogP contribution in [0.1, 0.15) is 45.1 Å². The molecule has 0 amide bonds. The van der Waals surface area contributed by atoms with Crippen molar-refractivity contribution >= 4 is 5.97 Å². The maximum Gasteiger partial charge on any atom is 0.303 e. The summed E-state index contributed by atoms with van der Waals surface area (Å²) in [5, 5.41) is 8.55. The minimum absolute atomic E-state index is 0.101. The molecular formula is C13H20O2. The fourth-order valence-corrected chi connectivity index (χ4v) is 1.16. The lowest BCUT2D eigenvalue weighted by Crippen LogP contribution is -2.02. The Balaban J connectivity index is 0.000000583. The van der Waals surface area contributed by atoms with Crippen molar-refractivity contribution in [3.63, 3.8) is 0 Å². The van der Waals surface area contributed by atoms with Crippen molar-refractivity contribution in [2.75, 3.05) is 0 Å². The zero-order valence-electron chi connectivity index (χ0n) is 9.73. The van der Waals surface area contributed by atoms with Crippen molar-refractivity contribution < 1.29 is 9.90 Å². The lowest BCUT2D eigenvalue weighted by Gasteiger charge is -2.07. The van der Waals surface area contributed by atoms with E-state index in [2.05, 4.69) is 13.8 Å². The van der Waals surface area contributed by atoms with E-state index in [0.29, 0.717) is 0 Å². The van der Waals surface area contributed by atoms with Crippen molar-refractivity contribution in [2.45, 2.75) is 39.5 Å². The molecule has 0 aliphatic heterocycles. The van der Waals surface area contributed by atoms with Crippen LogP contribution in [0.4, 0.5) is 0 Å². The molecule has 0 bridgehead atoms. The SMILES string of the molecule is CC(CC(=O)O)c1ccccc1.CCC. The second-order valence-electron chi connectivity index (χ2n) is 3.62. The van der Waals surface area contributed by atoms with E-state index in [1.54, 1.807) is 0 Å². The van der Waals surface area contributed by atoms with E-state index in [1.807, 2.05) is 37.3 Å². The van der Waals surface area contributed by atoms with Crippen LogP contribution in [0, 0.1) is 0 Å². The van der Waals surface area contributed by atoms with Gasteiger partial charge in [0.15, 0.2) is 0 Å². The van der Waals surface area contributed by atoms with Crippen LogP contribution in [-0.4, -0.2) is 11.1 Å². The van der Waals surface area contributed by atoms with Gasteiger partial charge in [-0.1, -0.05) is 57.5 Å². The lowest BCUT2D eigenvalue weighted by atomic mass is 9.98. The van der Waals surface area contributed by atoms with Crippen LogP contribution in [0.15, 0.2) is 30.3 Å². The zero-order chi connectivity index (χ0) is 11.7. The molecule has 0 saturated heterocycles. The van der Waals surface area contributed by atoms with E-state index in [4.69, 9.17) is 5.11 Å². The van der Waals surface area contributed by atoms with Crippen LogP contribution in [0.5, 0.6) is 0 Å². The Morgan fingerprint density at radius 3 is 2.13 bits per heavy atom. The van der Waals surface area contributed by atoms with Crippen LogP contribution >= 0.6 is 0 Å². The molecule has 1 rings (SSSR count). The Hall–Kier alpha value is -1.31. The Bertz CT molecular complexity index is 267. The summed E-state index contributed by atoms with van der Waals surface area (Å²) >= 11 is 0. The van der Waals surface area contributed by atoms with Gasteiger partial charge in [0.2, 0.25) is 0 Å². The molecule has 2 heteroatoms. The van der Waals surface area contributed by atoms with Gasteiger partial charge in [0, 0.05) is 0 Å². The molecule has 0 radical (unpaired) electrons.